The van der Waals surface area contributed by atoms with Crippen LogP contribution in [0, 0.1) is 0 Å². The molecule has 0 fully saturated rings. The van der Waals surface area contributed by atoms with E-state index >= 15 is 0 Å². The van der Waals surface area contributed by atoms with E-state index in [4.69, 9.17) is 0 Å². The van der Waals surface area contributed by atoms with E-state index < -0.39 is 16.1 Å². The van der Waals surface area contributed by atoms with Crippen LogP contribution in [0.5, 0.6) is 0 Å². The summed E-state index contributed by atoms with van der Waals surface area (Å²) >= 11 is 0. The van der Waals surface area contributed by atoms with Crippen LogP contribution in [0.15, 0.2) is 467 Å². The Balaban J connectivity index is 0.000000140. The lowest BCUT2D eigenvalue weighted by Crippen LogP contribution is -2.75. The largest absolute Gasteiger partial charge is 0.309 e. The molecule has 0 atom stereocenters. The van der Waals surface area contributed by atoms with Crippen LogP contribution in [-0.2, 0) is 5.41 Å². The van der Waals surface area contributed by atoms with E-state index in [2.05, 4.69) is 504 Å². The second-order valence-electron chi connectivity index (χ2n) is 33.6. The highest BCUT2D eigenvalue weighted by molar-refractivity contribution is 7.21. The van der Waals surface area contributed by atoms with Gasteiger partial charge in [0.1, 0.15) is 0 Å². The fraction of sp³-hybridized carbons (Fsp3) is 0.0256. The molecule has 1 aliphatic carbocycles. The van der Waals surface area contributed by atoms with Crippen LogP contribution in [0.1, 0.15) is 25.0 Å². The summed E-state index contributed by atoms with van der Waals surface area (Å²) < 4.78 is 12.5. The fourth-order valence-electron chi connectivity index (χ4n) is 21.9. The number of rotatable bonds is 13. The smallest absolute Gasteiger partial charge is 0.181 e. The second-order valence-corrected chi connectivity index (χ2v) is 41.2. The summed E-state index contributed by atoms with van der Waals surface area (Å²) in [6, 6.07) is 174. The van der Waals surface area contributed by atoms with E-state index in [1.54, 1.807) is 0 Å². The van der Waals surface area contributed by atoms with Crippen molar-refractivity contribution in [3.8, 4) is 39.6 Å². The Morgan fingerprint density at radius 1 is 0.169 bits per heavy atom. The van der Waals surface area contributed by atoms with Crippen molar-refractivity contribution in [1.82, 2.24) is 22.8 Å². The molecule has 1 aliphatic rings. The molecule has 5 nitrogen and oxygen atoms in total. The normalized spacial score (nSPS) is 12.7. The van der Waals surface area contributed by atoms with Gasteiger partial charge in [-0.25, -0.2) is 0 Å². The molecule has 0 N–H and O–H groups in total. The number of benzene rings is 19. The van der Waals surface area contributed by atoms with Gasteiger partial charge >= 0.3 is 0 Å². The van der Waals surface area contributed by atoms with Gasteiger partial charge in [-0.05, 0) is 155 Å². The average molecular weight is 1620 g/mol. The van der Waals surface area contributed by atoms with Gasteiger partial charge < -0.3 is 22.8 Å². The maximum atomic E-state index is 2.54. The number of hydrogen-bond acceptors (Lipinski definition) is 0. The lowest BCUT2D eigenvalue weighted by molar-refractivity contribution is 0.664. The van der Waals surface area contributed by atoms with Gasteiger partial charge in [0.05, 0.1) is 55.2 Å². The molecule has 25 rings (SSSR count). The van der Waals surface area contributed by atoms with E-state index in [1.807, 2.05) is 0 Å². The van der Waals surface area contributed by atoms with E-state index in [1.165, 1.54) is 184 Å². The van der Waals surface area contributed by atoms with Crippen molar-refractivity contribution in [2.45, 2.75) is 19.3 Å². The van der Waals surface area contributed by atoms with Crippen molar-refractivity contribution in [2.75, 3.05) is 0 Å². The number of nitrogens with zero attached hydrogens (tertiary/aromatic N) is 5. The van der Waals surface area contributed by atoms with Crippen LogP contribution in [-0.4, -0.2) is 39.0 Å². The Hall–Kier alpha value is -15.4. The molecule has 0 amide bonds. The molecule has 0 radical (unpaired) electrons. The van der Waals surface area contributed by atoms with E-state index in [9.17, 15) is 0 Å². The molecule has 0 unspecified atom stereocenters. The predicted octanol–water partition coefficient (Wildman–Crippen LogP) is 23.9. The van der Waals surface area contributed by atoms with Crippen molar-refractivity contribution in [3.05, 3.63) is 478 Å². The topological polar surface area (TPSA) is 24.6 Å². The van der Waals surface area contributed by atoms with Gasteiger partial charge in [-0.2, -0.15) is 0 Å². The summed E-state index contributed by atoms with van der Waals surface area (Å²) in [5.41, 5.74) is 23.4. The minimum atomic E-state index is -3.06. The molecular formula is C117H83N5Si2. The first-order valence-corrected chi connectivity index (χ1v) is 47.1. The summed E-state index contributed by atoms with van der Waals surface area (Å²) in [6.07, 6.45) is 0. The fourth-order valence-corrected chi connectivity index (χ4v) is 31.8. The zero-order valence-electron chi connectivity index (χ0n) is 68.7. The van der Waals surface area contributed by atoms with Crippen molar-refractivity contribution in [1.29, 1.82) is 0 Å². The third-order valence-corrected chi connectivity index (χ3v) is 36.6. The Morgan fingerprint density at radius 2 is 0.411 bits per heavy atom. The standard InChI is InChI=1S/C60H41N3Si.C57H42N2Si/c1-5-20-42(21-6-1)61-54-32-16-13-28-48(54)51-31-19-35-57(58(51)61)64(45-24-9-3-10-25-45,46-26-11-4-12-27-46)47-38-36-44(37-39-47)63-56-34-18-15-30-50(56)53-41-40-52-49-29-14-17-33-55(49)62(59(52)60(53)63)43-22-7-2-8-23-43;1-57(2)50-29-15-12-25-44(50)47-37-38-49-46-27-14-17-31-52(46)59(56(49)54(47)57)40-33-35-43(36-34-40)60(41-21-8-4-9-22-41,42-23-10-5-11-24-42)53-32-18-28-48-45-26-13-16-30-51(45)58(55(48)53)39-19-6-3-7-20-39/h1-41H;3-38H,1-2H3. The quantitative estimate of drug-likeness (QED) is 0.0812. The zero-order valence-corrected chi connectivity index (χ0v) is 70.7. The van der Waals surface area contributed by atoms with Gasteiger partial charge in [-0.15, -0.1) is 0 Å². The molecule has 5 heterocycles. The van der Waals surface area contributed by atoms with Crippen LogP contribution < -0.4 is 41.5 Å². The van der Waals surface area contributed by atoms with E-state index in [0.29, 0.717) is 0 Å². The first-order valence-electron chi connectivity index (χ1n) is 43.1. The molecule has 5 aromatic heterocycles. The molecule has 124 heavy (non-hydrogen) atoms. The van der Waals surface area contributed by atoms with Crippen molar-refractivity contribution in [3.63, 3.8) is 0 Å². The summed E-state index contributed by atoms with van der Waals surface area (Å²) in [7, 11) is -6.08. The third-order valence-electron chi connectivity index (χ3n) is 27.0. The van der Waals surface area contributed by atoms with Crippen LogP contribution >= 0.6 is 0 Å². The van der Waals surface area contributed by atoms with Crippen molar-refractivity contribution < 1.29 is 0 Å². The lowest BCUT2D eigenvalue weighted by Gasteiger charge is -2.35. The van der Waals surface area contributed by atoms with Crippen LogP contribution in [0.4, 0.5) is 0 Å². The number of aromatic nitrogens is 5. The Bertz CT molecular complexity index is 8200. The number of fused-ring (bicyclic) bond motifs is 20. The van der Waals surface area contributed by atoms with E-state index in [0.717, 1.165) is 17.1 Å². The van der Waals surface area contributed by atoms with Gasteiger partial charge in [0.2, 0.25) is 0 Å². The molecule has 0 saturated carbocycles. The second kappa shape index (κ2) is 28.9. The summed E-state index contributed by atoms with van der Waals surface area (Å²) in [5, 5.41) is 23.4. The molecule has 0 spiro atoms. The first-order chi connectivity index (χ1) is 61.4. The van der Waals surface area contributed by atoms with Crippen molar-refractivity contribution >= 4 is 167 Å². The highest BCUT2D eigenvalue weighted by Gasteiger charge is 2.46. The van der Waals surface area contributed by atoms with Gasteiger partial charge in [0, 0.05) is 87.7 Å². The molecular weight excluding hydrogens is 1530 g/mol. The Morgan fingerprint density at radius 3 is 0.758 bits per heavy atom. The monoisotopic (exact) mass is 1610 g/mol. The lowest BCUT2D eigenvalue weighted by atomic mass is 9.81. The molecule has 0 saturated heterocycles. The van der Waals surface area contributed by atoms with Gasteiger partial charge in [-0.1, -0.05) is 390 Å². The van der Waals surface area contributed by atoms with Gasteiger partial charge in [-0.3, -0.25) is 0 Å². The van der Waals surface area contributed by atoms with Crippen molar-refractivity contribution in [2.24, 2.45) is 0 Å². The molecule has 0 bridgehead atoms. The molecule has 584 valence electrons. The zero-order chi connectivity index (χ0) is 82.2. The molecule has 24 aromatic rings. The maximum Gasteiger partial charge on any atom is 0.181 e. The SMILES string of the molecule is CC1(C)c2ccccc2-c2ccc3c4ccccc4n(-c4ccc([Si](c5ccccc5)(c5ccccc5)c5cccc6c7ccccc7n(-c7ccccc7)c56)cc4)c3c21.c1ccc(-n2c3ccccc3c3cccc([Si](c4ccccc4)(c4ccccc4)c4ccc(-n5c6ccccc6c6ccc7c8ccccc8n(-c8ccccc8)c7c65)cc4)c32)cc1. The summed E-state index contributed by atoms with van der Waals surface area (Å²) in [6.45, 7) is 4.80. The maximum absolute atomic E-state index is 3.06. The minimum absolute atomic E-state index is 0.157. The third kappa shape index (κ3) is 10.7. The highest BCUT2D eigenvalue weighted by atomic mass is 28.3. The predicted molar refractivity (Wildman–Crippen MR) is 529 cm³/mol. The first kappa shape index (κ1) is 72.6. The molecule has 19 aromatic carbocycles. The molecule has 7 heteroatoms. The van der Waals surface area contributed by atoms with Gasteiger partial charge in [0.25, 0.3) is 0 Å². The Kier molecular flexibility index (Phi) is 16.9. The summed E-state index contributed by atoms with van der Waals surface area (Å²) in [5.74, 6) is 0. The number of para-hydroxylation sites is 10. The number of hydrogen-bond donors (Lipinski definition) is 0. The van der Waals surface area contributed by atoms with Gasteiger partial charge in [0.15, 0.2) is 16.1 Å². The van der Waals surface area contributed by atoms with Crippen LogP contribution in [0.25, 0.3) is 149 Å². The molecule has 0 aliphatic heterocycles. The van der Waals surface area contributed by atoms with E-state index in [-0.39, 0.29) is 5.41 Å². The van der Waals surface area contributed by atoms with Crippen LogP contribution in [0.3, 0.4) is 0 Å². The van der Waals surface area contributed by atoms with Crippen LogP contribution in [0.2, 0.25) is 0 Å². The summed E-state index contributed by atoms with van der Waals surface area (Å²) in [4.78, 5) is 0. The average Bonchev–Trinajstić information content (AvgIpc) is 1.49. The Labute approximate surface area is 721 Å². The minimum Gasteiger partial charge on any atom is -0.309 e. The highest BCUT2D eigenvalue weighted by Crippen LogP contribution is 2.53.